The summed E-state index contributed by atoms with van der Waals surface area (Å²) in [6.07, 6.45) is 0. The molecule has 0 fully saturated rings. The Kier molecular flexibility index (Phi) is 6.40. The van der Waals surface area contributed by atoms with E-state index in [1.807, 2.05) is 0 Å². The van der Waals surface area contributed by atoms with Gasteiger partial charge in [0.2, 0.25) is 0 Å². The molecule has 2 aromatic rings. The number of imide groups is 1. The molecule has 0 bridgehead atoms. The van der Waals surface area contributed by atoms with E-state index in [0.29, 0.717) is 35.4 Å². The molecule has 3 rings (SSSR count). The summed E-state index contributed by atoms with van der Waals surface area (Å²) in [4.78, 5) is 36.0. The number of benzene rings is 2. The third-order valence-electron chi connectivity index (χ3n) is 3.77. The molecule has 1 aliphatic rings. The molecule has 2 aromatic carbocycles. The molecule has 9 nitrogen and oxygen atoms in total. The average molecular weight is 421 g/mol. The summed E-state index contributed by atoms with van der Waals surface area (Å²) in [7, 11) is 1.38. The largest absolute Gasteiger partial charge is 0.496 e. The fourth-order valence-corrected chi connectivity index (χ4v) is 2.67. The zero-order valence-electron chi connectivity index (χ0n) is 15.3. The van der Waals surface area contributed by atoms with Gasteiger partial charge in [-0.3, -0.25) is 10.1 Å². The third-order valence-corrected chi connectivity index (χ3v) is 4.00. The average Bonchev–Trinajstić information content (AvgIpc) is 2.71. The lowest BCUT2D eigenvalue weighted by Gasteiger charge is -2.19. The number of amides is 3. The van der Waals surface area contributed by atoms with Crippen molar-refractivity contribution in [2.75, 3.05) is 32.2 Å². The van der Waals surface area contributed by atoms with Gasteiger partial charge in [-0.15, -0.1) is 0 Å². The first-order chi connectivity index (χ1) is 14.0. The number of carbonyl (C=O) groups is 3. The van der Waals surface area contributed by atoms with Crippen LogP contribution in [0.25, 0.3) is 0 Å². The summed E-state index contributed by atoms with van der Waals surface area (Å²) in [6, 6.07) is 8.43. The highest BCUT2D eigenvalue weighted by Gasteiger charge is 2.18. The highest BCUT2D eigenvalue weighted by Crippen LogP contribution is 2.32. The molecule has 0 spiro atoms. The van der Waals surface area contributed by atoms with E-state index in [0.717, 1.165) is 0 Å². The molecule has 0 aromatic heterocycles. The molecule has 0 atom stereocenters. The van der Waals surface area contributed by atoms with Gasteiger partial charge in [0.25, 0.3) is 5.91 Å². The lowest BCUT2D eigenvalue weighted by molar-refractivity contribution is -0.123. The van der Waals surface area contributed by atoms with E-state index in [1.54, 1.807) is 24.3 Å². The van der Waals surface area contributed by atoms with Crippen LogP contribution in [-0.4, -0.2) is 44.8 Å². The number of anilines is 1. The number of urea groups is 1. The number of rotatable bonds is 5. The minimum atomic E-state index is -0.813. The Labute approximate surface area is 170 Å². The number of carbonyl (C=O) groups excluding carboxylic acids is 3. The van der Waals surface area contributed by atoms with Crippen molar-refractivity contribution in [1.29, 1.82) is 0 Å². The molecule has 0 radical (unpaired) electrons. The Balaban J connectivity index is 1.51. The molecular formula is C19H17ClN2O7. The highest BCUT2D eigenvalue weighted by molar-refractivity contribution is 6.31. The van der Waals surface area contributed by atoms with E-state index in [1.165, 1.54) is 19.2 Å². The Morgan fingerprint density at radius 1 is 1.07 bits per heavy atom. The fraction of sp³-hybridized carbons (Fsp3) is 0.211. The summed E-state index contributed by atoms with van der Waals surface area (Å²) in [5.74, 6) is -0.316. The Morgan fingerprint density at radius 3 is 2.59 bits per heavy atom. The van der Waals surface area contributed by atoms with Crippen LogP contribution in [-0.2, 0) is 9.53 Å². The molecule has 29 heavy (non-hydrogen) atoms. The van der Waals surface area contributed by atoms with E-state index in [2.05, 4.69) is 10.6 Å². The maximum Gasteiger partial charge on any atom is 0.342 e. The number of halogens is 1. The number of hydrogen-bond acceptors (Lipinski definition) is 7. The number of methoxy groups -OCH3 is 1. The summed E-state index contributed by atoms with van der Waals surface area (Å²) < 4.78 is 20.8. The fourth-order valence-electron chi connectivity index (χ4n) is 2.49. The van der Waals surface area contributed by atoms with Crippen molar-refractivity contribution < 1.29 is 33.3 Å². The van der Waals surface area contributed by atoms with Crippen LogP contribution in [0.2, 0.25) is 5.02 Å². The molecule has 152 valence electrons. The zero-order valence-corrected chi connectivity index (χ0v) is 16.1. The molecule has 1 aliphatic heterocycles. The molecule has 10 heteroatoms. The van der Waals surface area contributed by atoms with E-state index < -0.39 is 24.5 Å². The normalized spacial score (nSPS) is 11.9. The van der Waals surface area contributed by atoms with E-state index in [9.17, 15) is 14.4 Å². The molecule has 1 heterocycles. The van der Waals surface area contributed by atoms with Crippen molar-refractivity contribution >= 4 is 35.2 Å². The van der Waals surface area contributed by atoms with Gasteiger partial charge in [-0.2, -0.15) is 0 Å². The molecular weight excluding hydrogens is 404 g/mol. The van der Waals surface area contributed by atoms with Crippen LogP contribution < -0.4 is 24.8 Å². The highest BCUT2D eigenvalue weighted by atomic mass is 35.5. The predicted octanol–water partition coefficient (Wildman–Crippen LogP) is 2.62. The first kappa shape index (κ1) is 20.3. The molecule has 3 amide bonds. The summed E-state index contributed by atoms with van der Waals surface area (Å²) in [6.45, 7) is 0.196. The number of ether oxygens (including phenoxy) is 4. The minimum absolute atomic E-state index is 0.0635. The number of fused-ring (bicyclic) bond motifs is 1. The second-order valence-corrected chi connectivity index (χ2v) is 6.22. The van der Waals surface area contributed by atoms with E-state index >= 15 is 0 Å². The maximum absolute atomic E-state index is 12.1. The van der Waals surface area contributed by atoms with Gasteiger partial charge in [0, 0.05) is 16.8 Å². The van der Waals surface area contributed by atoms with Crippen LogP contribution in [0.15, 0.2) is 36.4 Å². The van der Waals surface area contributed by atoms with Gasteiger partial charge in [-0.25, -0.2) is 9.59 Å². The number of esters is 1. The van der Waals surface area contributed by atoms with Gasteiger partial charge in [0.1, 0.15) is 24.5 Å². The van der Waals surface area contributed by atoms with Gasteiger partial charge in [-0.1, -0.05) is 11.6 Å². The molecule has 0 saturated heterocycles. The smallest absolute Gasteiger partial charge is 0.342 e. The second kappa shape index (κ2) is 9.16. The second-order valence-electron chi connectivity index (χ2n) is 5.78. The molecule has 2 N–H and O–H groups in total. The van der Waals surface area contributed by atoms with Crippen molar-refractivity contribution in [2.45, 2.75) is 0 Å². The Hall–Kier alpha value is -3.46. The van der Waals surface area contributed by atoms with Crippen LogP contribution in [0.3, 0.4) is 0 Å². The first-order valence-corrected chi connectivity index (χ1v) is 8.85. The lowest BCUT2D eigenvalue weighted by atomic mass is 10.2. The summed E-state index contributed by atoms with van der Waals surface area (Å²) in [5.41, 5.74) is 0.466. The summed E-state index contributed by atoms with van der Waals surface area (Å²) >= 11 is 5.86. The quantitative estimate of drug-likeness (QED) is 0.715. The SMILES string of the molecule is COc1ccc(Cl)cc1C(=O)OCC(=O)NC(=O)Nc1ccc2c(c1)OCCO2. The van der Waals surface area contributed by atoms with E-state index in [-0.39, 0.29) is 11.3 Å². The van der Waals surface area contributed by atoms with E-state index in [4.69, 9.17) is 30.5 Å². The number of hydrogen-bond donors (Lipinski definition) is 2. The van der Waals surface area contributed by atoms with Crippen molar-refractivity contribution in [3.05, 3.63) is 47.0 Å². The molecule has 0 saturated carbocycles. The monoisotopic (exact) mass is 420 g/mol. The van der Waals surface area contributed by atoms with Crippen LogP contribution in [0.5, 0.6) is 17.2 Å². The van der Waals surface area contributed by atoms with Crippen LogP contribution in [0.4, 0.5) is 10.5 Å². The Bertz CT molecular complexity index is 948. The lowest BCUT2D eigenvalue weighted by Crippen LogP contribution is -2.37. The van der Waals surface area contributed by atoms with Crippen LogP contribution >= 0.6 is 11.6 Å². The van der Waals surface area contributed by atoms with Crippen LogP contribution in [0.1, 0.15) is 10.4 Å². The van der Waals surface area contributed by atoms with Crippen LogP contribution in [0, 0.1) is 0 Å². The van der Waals surface area contributed by atoms with Crippen molar-refractivity contribution in [3.8, 4) is 17.2 Å². The standard InChI is InChI=1S/C19H17ClN2O7/c1-26-14-4-2-11(20)8-13(14)18(24)29-10-17(23)22-19(25)21-12-3-5-15-16(9-12)28-7-6-27-15/h2-5,8-9H,6-7,10H2,1H3,(H2,21,22,23,25). The minimum Gasteiger partial charge on any atom is -0.496 e. The van der Waals surface area contributed by atoms with Gasteiger partial charge < -0.3 is 24.3 Å². The topological polar surface area (TPSA) is 112 Å². The third kappa shape index (κ3) is 5.29. The van der Waals surface area contributed by atoms with Gasteiger partial charge >= 0.3 is 12.0 Å². The zero-order chi connectivity index (χ0) is 20.8. The van der Waals surface area contributed by atoms with Crippen molar-refractivity contribution in [1.82, 2.24) is 5.32 Å². The van der Waals surface area contributed by atoms with Crippen molar-refractivity contribution in [3.63, 3.8) is 0 Å². The van der Waals surface area contributed by atoms with Gasteiger partial charge in [0.05, 0.1) is 7.11 Å². The van der Waals surface area contributed by atoms with Gasteiger partial charge in [0.15, 0.2) is 18.1 Å². The molecule has 0 aliphatic carbocycles. The first-order valence-electron chi connectivity index (χ1n) is 8.47. The predicted molar refractivity (Wildman–Crippen MR) is 103 cm³/mol. The van der Waals surface area contributed by atoms with Crippen molar-refractivity contribution in [2.24, 2.45) is 0 Å². The number of nitrogens with one attached hydrogen (secondary N) is 2. The van der Waals surface area contributed by atoms with Gasteiger partial charge in [-0.05, 0) is 30.3 Å². The summed E-state index contributed by atoms with van der Waals surface area (Å²) in [5, 5.41) is 4.85. The molecule has 0 unspecified atom stereocenters. The Morgan fingerprint density at radius 2 is 1.83 bits per heavy atom. The maximum atomic E-state index is 12.1.